The van der Waals surface area contributed by atoms with Crippen molar-refractivity contribution in [2.45, 2.75) is 32.7 Å². The first kappa shape index (κ1) is 21.3. The van der Waals surface area contributed by atoms with Gasteiger partial charge in [-0.25, -0.2) is 14.8 Å². The highest BCUT2D eigenvalue weighted by Crippen LogP contribution is 2.27. The molecule has 0 saturated carbocycles. The molecule has 164 valence electrons. The van der Waals surface area contributed by atoms with E-state index in [-0.39, 0.29) is 5.97 Å². The zero-order valence-corrected chi connectivity index (χ0v) is 18.5. The Morgan fingerprint density at radius 3 is 2.65 bits per heavy atom. The van der Waals surface area contributed by atoms with Gasteiger partial charge in [0.2, 0.25) is 5.95 Å². The number of aromatic nitrogens is 3. The molecule has 31 heavy (non-hydrogen) atoms. The SMILES string of the molecule is CCOC(=O)c1cnc(N2CCC(CNC(C)c3cn(C)c4ccccc34)CC2)nc1. The van der Waals surface area contributed by atoms with Crippen molar-refractivity contribution in [1.82, 2.24) is 19.9 Å². The number of esters is 1. The zero-order chi connectivity index (χ0) is 21.8. The smallest absolute Gasteiger partial charge is 0.341 e. The van der Waals surface area contributed by atoms with Crippen LogP contribution in [0, 0.1) is 5.92 Å². The molecule has 3 aromatic rings. The van der Waals surface area contributed by atoms with Crippen LogP contribution in [0.2, 0.25) is 0 Å². The molecule has 0 radical (unpaired) electrons. The highest BCUT2D eigenvalue weighted by Gasteiger charge is 2.22. The van der Waals surface area contributed by atoms with Crippen molar-refractivity contribution >= 4 is 22.8 Å². The van der Waals surface area contributed by atoms with Gasteiger partial charge in [-0.1, -0.05) is 18.2 Å². The largest absolute Gasteiger partial charge is 0.462 e. The second-order valence-corrected chi connectivity index (χ2v) is 8.27. The van der Waals surface area contributed by atoms with Crippen LogP contribution >= 0.6 is 0 Å². The van der Waals surface area contributed by atoms with Crippen LogP contribution in [-0.4, -0.2) is 46.7 Å². The van der Waals surface area contributed by atoms with Gasteiger partial charge in [0.1, 0.15) is 0 Å². The van der Waals surface area contributed by atoms with Gasteiger partial charge in [-0.05, 0) is 50.8 Å². The molecule has 1 aromatic carbocycles. The first-order chi connectivity index (χ1) is 15.1. The molecule has 1 aliphatic rings. The Kier molecular flexibility index (Phi) is 6.51. The van der Waals surface area contributed by atoms with Crippen molar-refractivity contribution in [3.05, 3.63) is 54.0 Å². The Bertz CT molecular complexity index is 1020. The van der Waals surface area contributed by atoms with E-state index >= 15 is 0 Å². The van der Waals surface area contributed by atoms with Crippen molar-refractivity contribution in [2.75, 3.05) is 31.1 Å². The lowest BCUT2D eigenvalue weighted by atomic mass is 9.96. The summed E-state index contributed by atoms with van der Waals surface area (Å²) < 4.78 is 7.19. The molecule has 1 N–H and O–H groups in total. The number of para-hydroxylation sites is 1. The number of fused-ring (bicyclic) bond motifs is 1. The minimum absolute atomic E-state index is 0.308. The van der Waals surface area contributed by atoms with E-state index in [4.69, 9.17) is 4.74 Å². The van der Waals surface area contributed by atoms with Crippen LogP contribution in [0.3, 0.4) is 0 Å². The van der Waals surface area contributed by atoms with Crippen LogP contribution < -0.4 is 10.2 Å². The van der Waals surface area contributed by atoms with Crippen LogP contribution in [0.25, 0.3) is 10.9 Å². The monoisotopic (exact) mass is 421 g/mol. The first-order valence-electron chi connectivity index (χ1n) is 11.1. The molecule has 4 rings (SSSR count). The molecular weight excluding hydrogens is 390 g/mol. The van der Waals surface area contributed by atoms with E-state index in [1.807, 2.05) is 0 Å². The van der Waals surface area contributed by atoms with Gasteiger partial charge in [-0.3, -0.25) is 0 Å². The van der Waals surface area contributed by atoms with Crippen molar-refractivity contribution in [3.63, 3.8) is 0 Å². The number of anilines is 1. The summed E-state index contributed by atoms with van der Waals surface area (Å²) in [6.45, 7) is 7.23. The molecule has 1 fully saturated rings. The van der Waals surface area contributed by atoms with E-state index in [9.17, 15) is 4.79 Å². The Labute approximate surface area is 183 Å². The molecule has 1 aliphatic heterocycles. The van der Waals surface area contributed by atoms with Crippen molar-refractivity contribution in [2.24, 2.45) is 13.0 Å². The topological polar surface area (TPSA) is 72.3 Å². The number of hydrogen-bond donors (Lipinski definition) is 1. The van der Waals surface area contributed by atoms with Gasteiger partial charge >= 0.3 is 5.97 Å². The standard InChI is InChI=1S/C24H31N5O2/c1-4-31-23(30)19-14-26-24(27-15-19)29-11-9-18(10-12-29)13-25-17(2)21-16-28(3)22-8-6-5-7-20(21)22/h5-8,14-18,25H,4,9-13H2,1-3H3. The minimum atomic E-state index is -0.376. The van der Waals surface area contributed by atoms with E-state index in [0.29, 0.717) is 30.1 Å². The number of nitrogens with zero attached hydrogens (tertiary/aromatic N) is 4. The van der Waals surface area contributed by atoms with Gasteiger partial charge in [0.15, 0.2) is 0 Å². The van der Waals surface area contributed by atoms with Crippen molar-refractivity contribution < 1.29 is 9.53 Å². The van der Waals surface area contributed by atoms with E-state index < -0.39 is 0 Å². The number of nitrogens with one attached hydrogen (secondary N) is 1. The summed E-state index contributed by atoms with van der Waals surface area (Å²) in [5, 5.41) is 5.07. The summed E-state index contributed by atoms with van der Waals surface area (Å²) in [5.74, 6) is 0.940. The zero-order valence-electron chi connectivity index (χ0n) is 18.5. The van der Waals surface area contributed by atoms with Crippen LogP contribution in [-0.2, 0) is 11.8 Å². The van der Waals surface area contributed by atoms with E-state index in [0.717, 1.165) is 32.5 Å². The predicted molar refractivity (Wildman–Crippen MR) is 122 cm³/mol. The molecule has 2 aromatic heterocycles. The summed E-state index contributed by atoms with van der Waals surface area (Å²) in [6.07, 6.45) is 7.54. The number of aryl methyl sites for hydroxylation is 1. The second-order valence-electron chi connectivity index (χ2n) is 8.27. The fourth-order valence-electron chi connectivity index (χ4n) is 4.31. The van der Waals surface area contributed by atoms with Crippen molar-refractivity contribution in [1.29, 1.82) is 0 Å². The van der Waals surface area contributed by atoms with Crippen LogP contribution in [0.5, 0.6) is 0 Å². The van der Waals surface area contributed by atoms with Gasteiger partial charge < -0.3 is 19.5 Å². The molecule has 7 nitrogen and oxygen atoms in total. The lowest BCUT2D eigenvalue weighted by Gasteiger charge is -2.32. The summed E-state index contributed by atoms with van der Waals surface area (Å²) in [7, 11) is 2.11. The maximum Gasteiger partial charge on any atom is 0.341 e. The maximum atomic E-state index is 11.8. The number of hydrogen-bond acceptors (Lipinski definition) is 6. The molecule has 0 amide bonds. The molecule has 0 bridgehead atoms. The molecule has 1 atom stereocenters. The number of carbonyl (C=O) groups excluding carboxylic acids is 1. The van der Waals surface area contributed by atoms with Crippen LogP contribution in [0.4, 0.5) is 5.95 Å². The number of rotatable bonds is 7. The molecule has 0 spiro atoms. The highest BCUT2D eigenvalue weighted by molar-refractivity contribution is 5.88. The number of ether oxygens (including phenoxy) is 1. The third kappa shape index (κ3) is 4.71. The number of benzene rings is 1. The van der Waals surface area contributed by atoms with Crippen LogP contribution in [0.15, 0.2) is 42.9 Å². The summed E-state index contributed by atoms with van der Waals surface area (Å²) in [6, 6.07) is 8.88. The molecule has 1 unspecified atom stereocenters. The Hall–Kier alpha value is -2.93. The number of piperidine rings is 1. The summed E-state index contributed by atoms with van der Waals surface area (Å²) in [5.41, 5.74) is 3.02. The van der Waals surface area contributed by atoms with E-state index in [2.05, 4.69) is 69.2 Å². The summed E-state index contributed by atoms with van der Waals surface area (Å²) >= 11 is 0. The molecule has 7 heteroatoms. The minimum Gasteiger partial charge on any atom is -0.462 e. The quantitative estimate of drug-likeness (QED) is 0.587. The normalized spacial score (nSPS) is 15.9. The molecular formula is C24H31N5O2. The van der Waals surface area contributed by atoms with Gasteiger partial charge in [0, 0.05) is 55.7 Å². The lowest BCUT2D eigenvalue weighted by molar-refractivity contribution is 0.0525. The van der Waals surface area contributed by atoms with Crippen LogP contribution in [0.1, 0.15) is 48.7 Å². The maximum absolute atomic E-state index is 11.8. The molecule has 1 saturated heterocycles. The summed E-state index contributed by atoms with van der Waals surface area (Å²) in [4.78, 5) is 22.7. The Balaban J connectivity index is 1.29. The van der Waals surface area contributed by atoms with Gasteiger partial charge in [-0.15, -0.1) is 0 Å². The molecule has 3 heterocycles. The average Bonchev–Trinajstić information content (AvgIpc) is 3.15. The fraction of sp³-hybridized carbons (Fsp3) is 0.458. The van der Waals surface area contributed by atoms with Gasteiger partial charge in [0.05, 0.1) is 12.2 Å². The van der Waals surface area contributed by atoms with Gasteiger partial charge in [0.25, 0.3) is 0 Å². The van der Waals surface area contributed by atoms with Crippen molar-refractivity contribution in [3.8, 4) is 0 Å². The lowest BCUT2D eigenvalue weighted by Crippen LogP contribution is -2.38. The number of carbonyl (C=O) groups is 1. The second kappa shape index (κ2) is 9.47. The fourth-order valence-corrected chi connectivity index (χ4v) is 4.31. The Morgan fingerprint density at radius 2 is 1.94 bits per heavy atom. The third-order valence-corrected chi connectivity index (χ3v) is 6.15. The average molecular weight is 422 g/mol. The van der Waals surface area contributed by atoms with E-state index in [1.165, 1.54) is 16.5 Å². The van der Waals surface area contributed by atoms with Gasteiger partial charge in [-0.2, -0.15) is 0 Å². The third-order valence-electron chi connectivity index (χ3n) is 6.15. The predicted octanol–water partition coefficient (Wildman–Crippen LogP) is 3.71. The highest BCUT2D eigenvalue weighted by atomic mass is 16.5. The Morgan fingerprint density at radius 1 is 1.23 bits per heavy atom. The first-order valence-corrected chi connectivity index (χ1v) is 11.1. The molecule has 0 aliphatic carbocycles. The van der Waals surface area contributed by atoms with E-state index in [1.54, 1.807) is 19.3 Å².